The molecule has 0 spiro atoms. The monoisotopic (exact) mass is 287 g/mol. The van der Waals surface area contributed by atoms with Gasteiger partial charge >= 0.3 is 11.8 Å². The van der Waals surface area contributed by atoms with E-state index in [-0.39, 0.29) is 23.7 Å². The molecule has 0 bridgehead atoms. The lowest BCUT2D eigenvalue weighted by Gasteiger charge is -2.22. The van der Waals surface area contributed by atoms with E-state index in [0.29, 0.717) is 0 Å². The molecule has 1 fully saturated rings. The van der Waals surface area contributed by atoms with E-state index >= 15 is 0 Å². The van der Waals surface area contributed by atoms with E-state index in [2.05, 4.69) is 10.6 Å². The Morgan fingerprint density at radius 1 is 1.38 bits per heavy atom. The van der Waals surface area contributed by atoms with Crippen molar-refractivity contribution in [1.82, 2.24) is 5.32 Å². The van der Waals surface area contributed by atoms with Crippen LogP contribution in [-0.4, -0.2) is 29.1 Å². The van der Waals surface area contributed by atoms with Crippen molar-refractivity contribution in [3.8, 4) is 6.07 Å². The van der Waals surface area contributed by atoms with Gasteiger partial charge in [-0.25, -0.2) is 0 Å². The second-order valence-corrected chi connectivity index (χ2v) is 5.43. The standard InChI is InChI=1S/C15H17N3O3/c1-15(21,11-6-7-11)9-17-13(19)14(20)18-12-5-3-2-4-10(12)8-16/h2-5,11,21H,6-7,9H2,1H3,(H,17,19)(H,18,20)/t15-/m0/s1. The van der Waals surface area contributed by atoms with Crippen LogP contribution in [0.25, 0.3) is 0 Å². The molecule has 21 heavy (non-hydrogen) atoms. The number of nitrogens with zero attached hydrogens (tertiary/aromatic N) is 1. The fraction of sp³-hybridized carbons (Fsp3) is 0.400. The lowest BCUT2D eigenvalue weighted by molar-refractivity contribution is -0.136. The van der Waals surface area contributed by atoms with Crippen LogP contribution in [0.2, 0.25) is 0 Å². The molecule has 0 unspecified atom stereocenters. The molecule has 1 aromatic carbocycles. The first-order valence-electron chi connectivity index (χ1n) is 6.75. The van der Waals surface area contributed by atoms with Gasteiger partial charge in [-0.1, -0.05) is 12.1 Å². The Kier molecular flexibility index (Phi) is 4.24. The third-order valence-electron chi connectivity index (χ3n) is 3.57. The number of aliphatic hydroxyl groups is 1. The Morgan fingerprint density at radius 2 is 2.05 bits per heavy atom. The van der Waals surface area contributed by atoms with Gasteiger partial charge in [0.15, 0.2) is 0 Å². The maximum atomic E-state index is 11.8. The van der Waals surface area contributed by atoms with Crippen molar-refractivity contribution in [2.24, 2.45) is 5.92 Å². The minimum absolute atomic E-state index is 0.0316. The van der Waals surface area contributed by atoms with E-state index in [1.165, 1.54) is 0 Å². The first-order chi connectivity index (χ1) is 9.94. The fourth-order valence-corrected chi connectivity index (χ4v) is 2.06. The normalized spacial score (nSPS) is 16.4. The summed E-state index contributed by atoms with van der Waals surface area (Å²) >= 11 is 0. The molecule has 1 aliphatic rings. The molecule has 1 saturated carbocycles. The largest absolute Gasteiger partial charge is 0.388 e. The molecular weight excluding hydrogens is 270 g/mol. The number of nitriles is 1. The Labute approximate surface area is 122 Å². The smallest absolute Gasteiger partial charge is 0.313 e. The molecule has 1 atom stereocenters. The summed E-state index contributed by atoms with van der Waals surface area (Å²) in [6.07, 6.45) is 1.87. The summed E-state index contributed by atoms with van der Waals surface area (Å²) in [7, 11) is 0. The Hall–Kier alpha value is -2.39. The Bertz CT molecular complexity index is 600. The van der Waals surface area contributed by atoms with E-state index in [9.17, 15) is 14.7 Å². The SMILES string of the molecule is C[C@](O)(CNC(=O)C(=O)Nc1ccccc1C#N)C1CC1. The third-order valence-corrected chi connectivity index (χ3v) is 3.57. The van der Waals surface area contributed by atoms with Crippen molar-refractivity contribution >= 4 is 17.5 Å². The minimum atomic E-state index is -0.986. The number of nitrogens with one attached hydrogen (secondary N) is 2. The number of hydrogen-bond donors (Lipinski definition) is 3. The number of anilines is 1. The molecule has 0 radical (unpaired) electrons. The zero-order valence-corrected chi connectivity index (χ0v) is 11.7. The highest BCUT2D eigenvalue weighted by Crippen LogP contribution is 2.38. The predicted octanol–water partition coefficient (Wildman–Crippen LogP) is 0.774. The van der Waals surface area contributed by atoms with Crippen molar-refractivity contribution in [2.45, 2.75) is 25.4 Å². The molecule has 0 heterocycles. The van der Waals surface area contributed by atoms with Gasteiger partial charge in [-0.3, -0.25) is 9.59 Å². The molecule has 2 amide bonds. The van der Waals surface area contributed by atoms with Crippen LogP contribution in [0.3, 0.4) is 0 Å². The van der Waals surface area contributed by atoms with Crippen LogP contribution in [0.4, 0.5) is 5.69 Å². The molecule has 1 aliphatic carbocycles. The van der Waals surface area contributed by atoms with Gasteiger partial charge in [0.2, 0.25) is 0 Å². The molecular formula is C15H17N3O3. The van der Waals surface area contributed by atoms with E-state index < -0.39 is 17.4 Å². The van der Waals surface area contributed by atoms with Crippen LogP contribution in [0, 0.1) is 17.2 Å². The maximum absolute atomic E-state index is 11.8. The summed E-state index contributed by atoms with van der Waals surface area (Å²) in [5, 5.41) is 23.8. The van der Waals surface area contributed by atoms with Crippen molar-refractivity contribution in [2.75, 3.05) is 11.9 Å². The van der Waals surface area contributed by atoms with E-state index in [4.69, 9.17) is 5.26 Å². The molecule has 0 aromatic heterocycles. The first kappa shape index (κ1) is 15.0. The van der Waals surface area contributed by atoms with Crippen LogP contribution in [0.1, 0.15) is 25.3 Å². The van der Waals surface area contributed by atoms with Gasteiger partial charge in [0, 0.05) is 6.54 Å². The molecule has 1 aromatic rings. The highest BCUT2D eigenvalue weighted by atomic mass is 16.3. The second kappa shape index (κ2) is 5.94. The summed E-state index contributed by atoms with van der Waals surface area (Å²) in [5.74, 6) is -1.51. The number of rotatable bonds is 4. The van der Waals surface area contributed by atoms with Crippen LogP contribution in [0.15, 0.2) is 24.3 Å². The number of para-hydroxylation sites is 1. The lowest BCUT2D eigenvalue weighted by Crippen LogP contribution is -2.45. The summed E-state index contributed by atoms with van der Waals surface area (Å²) in [5.41, 5.74) is -0.418. The molecule has 6 nitrogen and oxygen atoms in total. The minimum Gasteiger partial charge on any atom is -0.388 e. The average Bonchev–Trinajstić information content (AvgIpc) is 3.30. The fourth-order valence-electron chi connectivity index (χ4n) is 2.06. The molecule has 110 valence electrons. The number of hydrogen-bond acceptors (Lipinski definition) is 4. The Balaban J connectivity index is 1.91. The quantitative estimate of drug-likeness (QED) is 0.712. The van der Waals surface area contributed by atoms with Gasteiger partial charge in [0.1, 0.15) is 6.07 Å². The van der Waals surface area contributed by atoms with Gasteiger partial charge in [0.25, 0.3) is 0 Å². The van der Waals surface area contributed by atoms with Crippen LogP contribution >= 0.6 is 0 Å². The van der Waals surface area contributed by atoms with Gasteiger partial charge in [-0.2, -0.15) is 5.26 Å². The third kappa shape index (κ3) is 3.80. The maximum Gasteiger partial charge on any atom is 0.313 e. The topological polar surface area (TPSA) is 102 Å². The first-order valence-corrected chi connectivity index (χ1v) is 6.75. The lowest BCUT2D eigenvalue weighted by atomic mass is 10.0. The van der Waals surface area contributed by atoms with Gasteiger partial charge in [-0.05, 0) is 37.8 Å². The zero-order valence-electron chi connectivity index (χ0n) is 11.7. The zero-order chi connectivity index (χ0) is 15.5. The van der Waals surface area contributed by atoms with Crippen LogP contribution in [-0.2, 0) is 9.59 Å². The average molecular weight is 287 g/mol. The molecule has 0 aliphatic heterocycles. The predicted molar refractivity (Wildman–Crippen MR) is 76.1 cm³/mol. The van der Waals surface area contributed by atoms with E-state index in [0.717, 1.165) is 12.8 Å². The van der Waals surface area contributed by atoms with Crippen LogP contribution < -0.4 is 10.6 Å². The summed E-state index contributed by atoms with van der Waals surface area (Å²) in [6.45, 7) is 1.68. The number of amides is 2. The molecule has 3 N–H and O–H groups in total. The molecule has 6 heteroatoms. The highest BCUT2D eigenvalue weighted by molar-refractivity contribution is 6.39. The van der Waals surface area contributed by atoms with Crippen molar-refractivity contribution < 1.29 is 14.7 Å². The van der Waals surface area contributed by atoms with E-state index in [1.807, 2.05) is 6.07 Å². The summed E-state index contributed by atoms with van der Waals surface area (Å²) < 4.78 is 0. The van der Waals surface area contributed by atoms with Crippen LogP contribution in [0.5, 0.6) is 0 Å². The molecule has 2 rings (SSSR count). The molecule has 0 saturated heterocycles. The summed E-state index contributed by atoms with van der Waals surface area (Å²) in [6, 6.07) is 8.35. The van der Waals surface area contributed by atoms with E-state index in [1.54, 1.807) is 31.2 Å². The Morgan fingerprint density at radius 3 is 2.67 bits per heavy atom. The van der Waals surface area contributed by atoms with Crippen molar-refractivity contribution in [3.05, 3.63) is 29.8 Å². The number of benzene rings is 1. The van der Waals surface area contributed by atoms with Gasteiger partial charge in [-0.15, -0.1) is 0 Å². The van der Waals surface area contributed by atoms with Crippen molar-refractivity contribution in [3.63, 3.8) is 0 Å². The van der Waals surface area contributed by atoms with Gasteiger partial charge < -0.3 is 15.7 Å². The highest BCUT2D eigenvalue weighted by Gasteiger charge is 2.40. The number of carbonyl (C=O) groups is 2. The summed E-state index contributed by atoms with van der Waals surface area (Å²) in [4.78, 5) is 23.5. The van der Waals surface area contributed by atoms with Crippen molar-refractivity contribution in [1.29, 1.82) is 5.26 Å². The number of carbonyl (C=O) groups excluding carboxylic acids is 2. The second-order valence-electron chi connectivity index (χ2n) is 5.43. The van der Waals surface area contributed by atoms with Gasteiger partial charge in [0.05, 0.1) is 16.9 Å².